The number of anilines is 1. The Kier molecular flexibility index (Phi) is 7.15. The highest BCUT2D eigenvalue weighted by Gasteiger charge is 2.36. The number of fused-ring (bicyclic) bond motifs is 1. The van der Waals surface area contributed by atoms with Crippen molar-refractivity contribution in [3.8, 4) is 0 Å². The van der Waals surface area contributed by atoms with Crippen molar-refractivity contribution in [1.29, 1.82) is 0 Å². The van der Waals surface area contributed by atoms with Gasteiger partial charge in [-0.25, -0.2) is 13.4 Å². The molecule has 1 fully saturated rings. The third-order valence-corrected chi connectivity index (χ3v) is 7.76. The van der Waals surface area contributed by atoms with Gasteiger partial charge in [0.2, 0.25) is 21.8 Å². The zero-order chi connectivity index (χ0) is 23.5. The van der Waals surface area contributed by atoms with Gasteiger partial charge >= 0.3 is 0 Å². The van der Waals surface area contributed by atoms with Crippen LogP contribution in [0.3, 0.4) is 0 Å². The highest BCUT2D eigenvalue weighted by atomic mass is 32.2. The Balaban J connectivity index is 1.85. The van der Waals surface area contributed by atoms with E-state index < -0.39 is 22.0 Å². The number of benzene rings is 1. The van der Waals surface area contributed by atoms with E-state index in [4.69, 9.17) is 0 Å². The summed E-state index contributed by atoms with van der Waals surface area (Å²) in [6, 6.07) is 6.53. The predicted molar refractivity (Wildman–Crippen MR) is 124 cm³/mol. The molecular weight excluding hydrogens is 430 g/mol. The third kappa shape index (κ3) is 4.61. The largest absolute Gasteiger partial charge is 0.359 e. The molecule has 1 saturated heterocycles. The number of aromatic nitrogens is 1. The van der Waals surface area contributed by atoms with Gasteiger partial charge in [0.15, 0.2) is 0 Å². The minimum Gasteiger partial charge on any atom is -0.359 e. The standard InChI is InChI=1S/C22H29N5O4S/c1-5-20(28)24-14-21(29)26-12-13-27(16(3)15-26)32(30,31)19-9-7-8-18-17(19)10-11-23-22(18)25(4)6-2/h5,7-11,16H,1,6,12-15H2,2-4H3,(H,24,28)/t16-/m0/s1. The first-order valence-corrected chi connectivity index (χ1v) is 11.9. The zero-order valence-electron chi connectivity index (χ0n) is 18.6. The Morgan fingerprint density at radius 2 is 2.03 bits per heavy atom. The number of amides is 2. The fourth-order valence-corrected chi connectivity index (χ4v) is 5.66. The number of hydrogen-bond acceptors (Lipinski definition) is 6. The first-order valence-electron chi connectivity index (χ1n) is 10.5. The maximum absolute atomic E-state index is 13.6. The number of carbonyl (C=O) groups is 2. The Morgan fingerprint density at radius 3 is 2.69 bits per heavy atom. The van der Waals surface area contributed by atoms with E-state index in [1.165, 1.54) is 4.31 Å². The quantitative estimate of drug-likeness (QED) is 0.625. The highest BCUT2D eigenvalue weighted by Crippen LogP contribution is 2.31. The van der Waals surface area contributed by atoms with E-state index in [9.17, 15) is 18.0 Å². The monoisotopic (exact) mass is 459 g/mol. The molecule has 1 aromatic heterocycles. The molecule has 10 heteroatoms. The molecule has 1 aliphatic heterocycles. The molecule has 3 rings (SSSR count). The first kappa shape index (κ1) is 23.7. The predicted octanol–water partition coefficient (Wildman–Crippen LogP) is 1.21. The zero-order valence-corrected chi connectivity index (χ0v) is 19.4. The van der Waals surface area contributed by atoms with E-state index in [1.54, 1.807) is 36.2 Å². The van der Waals surface area contributed by atoms with Gasteiger partial charge in [-0.05, 0) is 32.1 Å². The molecule has 1 aromatic carbocycles. The number of rotatable bonds is 7. The minimum atomic E-state index is -3.80. The summed E-state index contributed by atoms with van der Waals surface area (Å²) in [7, 11) is -1.88. The molecule has 1 aliphatic rings. The molecule has 2 amide bonds. The topological polar surface area (TPSA) is 103 Å². The lowest BCUT2D eigenvalue weighted by atomic mass is 10.1. The second-order valence-electron chi connectivity index (χ2n) is 7.73. The molecule has 0 saturated carbocycles. The van der Waals surface area contributed by atoms with E-state index in [-0.39, 0.29) is 37.0 Å². The molecule has 9 nitrogen and oxygen atoms in total. The van der Waals surface area contributed by atoms with Gasteiger partial charge in [0.25, 0.3) is 0 Å². The molecule has 1 atom stereocenters. The summed E-state index contributed by atoms with van der Waals surface area (Å²) in [4.78, 5) is 31.9. The highest BCUT2D eigenvalue weighted by molar-refractivity contribution is 7.89. The molecule has 0 spiro atoms. The van der Waals surface area contributed by atoms with Crippen LogP contribution < -0.4 is 10.2 Å². The van der Waals surface area contributed by atoms with Crippen LogP contribution in [0, 0.1) is 0 Å². The molecule has 172 valence electrons. The lowest BCUT2D eigenvalue weighted by Gasteiger charge is -2.39. The Bertz CT molecular complexity index is 1130. The van der Waals surface area contributed by atoms with Gasteiger partial charge < -0.3 is 15.1 Å². The van der Waals surface area contributed by atoms with E-state index in [0.717, 1.165) is 23.8 Å². The van der Waals surface area contributed by atoms with E-state index in [0.29, 0.717) is 5.39 Å². The molecule has 2 heterocycles. The van der Waals surface area contributed by atoms with Gasteiger partial charge in [0, 0.05) is 56.2 Å². The van der Waals surface area contributed by atoms with Crippen LogP contribution in [0.25, 0.3) is 10.8 Å². The van der Waals surface area contributed by atoms with Gasteiger partial charge in [-0.2, -0.15) is 4.31 Å². The molecule has 1 N–H and O–H groups in total. The van der Waals surface area contributed by atoms with Gasteiger partial charge in [-0.1, -0.05) is 18.7 Å². The smallest absolute Gasteiger partial charge is 0.244 e. The Hall–Kier alpha value is -2.98. The molecule has 0 radical (unpaired) electrons. The van der Waals surface area contributed by atoms with Gasteiger partial charge in [-0.15, -0.1) is 0 Å². The summed E-state index contributed by atoms with van der Waals surface area (Å²) in [6.07, 6.45) is 2.73. The van der Waals surface area contributed by atoms with Crippen molar-refractivity contribution in [2.75, 3.05) is 44.7 Å². The maximum atomic E-state index is 13.6. The summed E-state index contributed by atoms with van der Waals surface area (Å²) in [6.45, 7) is 8.41. The van der Waals surface area contributed by atoms with Crippen molar-refractivity contribution in [2.45, 2.75) is 24.8 Å². The minimum absolute atomic E-state index is 0.144. The third-order valence-electron chi connectivity index (χ3n) is 5.69. The van der Waals surface area contributed by atoms with Crippen molar-refractivity contribution in [2.24, 2.45) is 0 Å². The first-order chi connectivity index (χ1) is 15.2. The van der Waals surface area contributed by atoms with Crippen molar-refractivity contribution >= 4 is 38.4 Å². The summed E-state index contributed by atoms with van der Waals surface area (Å²) in [5, 5.41) is 3.86. The SMILES string of the molecule is C=CC(=O)NCC(=O)N1CCN(S(=O)(=O)c2cccc3c(N(C)CC)nccc23)[C@@H](C)C1. The fourth-order valence-electron chi connectivity index (χ4n) is 3.84. The van der Waals surface area contributed by atoms with Crippen LogP contribution >= 0.6 is 0 Å². The van der Waals surface area contributed by atoms with Crippen LogP contribution in [0.4, 0.5) is 5.82 Å². The summed E-state index contributed by atoms with van der Waals surface area (Å²) >= 11 is 0. The van der Waals surface area contributed by atoms with Crippen LogP contribution in [0.1, 0.15) is 13.8 Å². The fraction of sp³-hybridized carbons (Fsp3) is 0.409. The Labute approximate surface area is 188 Å². The van der Waals surface area contributed by atoms with Crippen molar-refractivity contribution < 1.29 is 18.0 Å². The average Bonchev–Trinajstić information content (AvgIpc) is 2.80. The van der Waals surface area contributed by atoms with Crippen LogP contribution in [-0.4, -0.2) is 80.2 Å². The van der Waals surface area contributed by atoms with Crippen molar-refractivity contribution in [3.63, 3.8) is 0 Å². The number of hydrogen-bond donors (Lipinski definition) is 1. The van der Waals surface area contributed by atoms with Gasteiger partial charge in [0.1, 0.15) is 5.82 Å². The number of nitrogens with one attached hydrogen (secondary N) is 1. The van der Waals surface area contributed by atoms with Gasteiger partial charge in [0.05, 0.1) is 11.4 Å². The second kappa shape index (κ2) is 9.66. The van der Waals surface area contributed by atoms with Gasteiger partial charge in [-0.3, -0.25) is 9.59 Å². The van der Waals surface area contributed by atoms with Crippen molar-refractivity contribution in [3.05, 3.63) is 43.1 Å². The van der Waals surface area contributed by atoms with Crippen LogP contribution in [-0.2, 0) is 19.6 Å². The lowest BCUT2D eigenvalue weighted by Crippen LogP contribution is -2.56. The van der Waals surface area contributed by atoms with Crippen molar-refractivity contribution in [1.82, 2.24) is 19.5 Å². The lowest BCUT2D eigenvalue weighted by molar-refractivity contribution is -0.133. The van der Waals surface area contributed by atoms with Crippen LogP contribution in [0.5, 0.6) is 0 Å². The number of nitrogens with zero attached hydrogens (tertiary/aromatic N) is 4. The summed E-state index contributed by atoms with van der Waals surface area (Å²) < 4.78 is 28.7. The average molecular weight is 460 g/mol. The molecule has 32 heavy (non-hydrogen) atoms. The second-order valence-corrected chi connectivity index (χ2v) is 9.59. The van der Waals surface area contributed by atoms with E-state index in [2.05, 4.69) is 16.9 Å². The number of piperazine rings is 1. The number of carbonyl (C=O) groups excluding carboxylic acids is 2. The molecule has 2 aromatic rings. The van der Waals surface area contributed by atoms with Crippen LogP contribution in [0.15, 0.2) is 48.0 Å². The van der Waals surface area contributed by atoms with E-state index in [1.807, 2.05) is 24.9 Å². The number of pyridine rings is 1. The molecule has 0 aliphatic carbocycles. The molecule has 0 bridgehead atoms. The summed E-state index contributed by atoms with van der Waals surface area (Å²) in [5.74, 6) is 0.0470. The summed E-state index contributed by atoms with van der Waals surface area (Å²) in [5.41, 5.74) is 0. The molecule has 0 unspecified atom stereocenters. The van der Waals surface area contributed by atoms with E-state index >= 15 is 0 Å². The maximum Gasteiger partial charge on any atom is 0.244 e. The molecular formula is C22H29N5O4S. The Morgan fingerprint density at radius 1 is 1.28 bits per heavy atom. The normalized spacial score (nSPS) is 17.2. The van der Waals surface area contributed by atoms with Crippen LogP contribution in [0.2, 0.25) is 0 Å². The number of sulfonamides is 1.